The SMILES string of the molecule is CC(C)CNC(=O)C1CCC(=O)N(CCc2ccc(Cl)cc2)C1. The maximum Gasteiger partial charge on any atom is 0.224 e. The molecular weight excluding hydrogens is 312 g/mol. The fourth-order valence-corrected chi connectivity index (χ4v) is 2.84. The Hall–Kier alpha value is -1.55. The molecule has 126 valence electrons. The van der Waals surface area contributed by atoms with E-state index in [0.29, 0.717) is 43.4 Å². The van der Waals surface area contributed by atoms with E-state index in [4.69, 9.17) is 11.6 Å². The van der Waals surface area contributed by atoms with Gasteiger partial charge in [0.15, 0.2) is 0 Å². The van der Waals surface area contributed by atoms with Crippen LogP contribution in [0.5, 0.6) is 0 Å². The zero-order chi connectivity index (χ0) is 16.8. The molecule has 0 saturated carbocycles. The van der Waals surface area contributed by atoms with Crippen LogP contribution >= 0.6 is 11.6 Å². The summed E-state index contributed by atoms with van der Waals surface area (Å²) in [6.07, 6.45) is 1.89. The van der Waals surface area contributed by atoms with Crippen molar-refractivity contribution < 1.29 is 9.59 Å². The summed E-state index contributed by atoms with van der Waals surface area (Å²) in [6.45, 7) is 6.00. The number of hydrogen-bond donors (Lipinski definition) is 1. The first-order valence-corrected chi connectivity index (χ1v) is 8.63. The summed E-state index contributed by atoms with van der Waals surface area (Å²) in [5, 5.41) is 3.69. The molecule has 0 aliphatic carbocycles. The average Bonchev–Trinajstić information content (AvgIpc) is 2.53. The number of carbonyl (C=O) groups is 2. The Balaban J connectivity index is 1.86. The third kappa shape index (κ3) is 5.54. The van der Waals surface area contributed by atoms with Crippen molar-refractivity contribution in [2.24, 2.45) is 11.8 Å². The second kappa shape index (κ2) is 8.34. The molecule has 0 aromatic heterocycles. The average molecular weight is 337 g/mol. The Morgan fingerprint density at radius 3 is 2.70 bits per heavy atom. The van der Waals surface area contributed by atoms with Crippen molar-refractivity contribution in [3.63, 3.8) is 0 Å². The van der Waals surface area contributed by atoms with Gasteiger partial charge in [-0.3, -0.25) is 9.59 Å². The lowest BCUT2D eigenvalue weighted by Gasteiger charge is -2.32. The van der Waals surface area contributed by atoms with Crippen molar-refractivity contribution in [3.8, 4) is 0 Å². The van der Waals surface area contributed by atoms with Crippen molar-refractivity contribution in [1.82, 2.24) is 10.2 Å². The van der Waals surface area contributed by atoms with Crippen molar-refractivity contribution in [2.45, 2.75) is 33.1 Å². The van der Waals surface area contributed by atoms with Crippen molar-refractivity contribution in [3.05, 3.63) is 34.9 Å². The topological polar surface area (TPSA) is 49.4 Å². The third-order valence-electron chi connectivity index (χ3n) is 4.14. The number of likely N-dealkylation sites (tertiary alicyclic amines) is 1. The predicted octanol–water partition coefficient (Wildman–Crippen LogP) is 2.89. The van der Waals surface area contributed by atoms with E-state index in [1.807, 2.05) is 29.2 Å². The molecule has 1 unspecified atom stereocenters. The van der Waals surface area contributed by atoms with Gasteiger partial charge in [-0.05, 0) is 36.5 Å². The normalized spacial score (nSPS) is 18.3. The second-order valence-corrected chi connectivity index (χ2v) is 7.03. The van der Waals surface area contributed by atoms with Crippen LogP contribution in [-0.2, 0) is 16.0 Å². The van der Waals surface area contributed by atoms with Crippen LogP contribution in [0, 0.1) is 11.8 Å². The zero-order valence-electron chi connectivity index (χ0n) is 13.8. The van der Waals surface area contributed by atoms with Crippen molar-refractivity contribution in [2.75, 3.05) is 19.6 Å². The minimum Gasteiger partial charge on any atom is -0.356 e. The van der Waals surface area contributed by atoms with Gasteiger partial charge in [-0.2, -0.15) is 0 Å². The molecule has 0 radical (unpaired) electrons. The van der Waals surface area contributed by atoms with E-state index in [1.54, 1.807) is 0 Å². The maximum absolute atomic E-state index is 12.2. The summed E-state index contributed by atoms with van der Waals surface area (Å²) in [5.41, 5.74) is 1.15. The van der Waals surface area contributed by atoms with Crippen molar-refractivity contribution >= 4 is 23.4 Å². The molecule has 1 fully saturated rings. The zero-order valence-corrected chi connectivity index (χ0v) is 14.6. The quantitative estimate of drug-likeness (QED) is 0.868. The van der Waals surface area contributed by atoms with Gasteiger partial charge in [0, 0.05) is 31.1 Å². The Kier molecular flexibility index (Phi) is 6.46. The number of nitrogens with zero attached hydrogens (tertiary/aromatic N) is 1. The van der Waals surface area contributed by atoms with Gasteiger partial charge < -0.3 is 10.2 Å². The third-order valence-corrected chi connectivity index (χ3v) is 4.39. The summed E-state index contributed by atoms with van der Waals surface area (Å²) >= 11 is 5.88. The first-order valence-electron chi connectivity index (χ1n) is 8.25. The number of rotatable bonds is 6. The van der Waals surface area contributed by atoms with E-state index in [1.165, 1.54) is 0 Å². The van der Waals surface area contributed by atoms with Crippen LogP contribution in [-0.4, -0.2) is 36.3 Å². The molecule has 1 aromatic carbocycles. The molecule has 1 saturated heterocycles. The summed E-state index contributed by atoms with van der Waals surface area (Å²) in [7, 11) is 0. The van der Waals surface area contributed by atoms with Crippen LogP contribution < -0.4 is 5.32 Å². The molecule has 1 atom stereocenters. The number of piperidine rings is 1. The highest BCUT2D eigenvalue weighted by atomic mass is 35.5. The fraction of sp³-hybridized carbons (Fsp3) is 0.556. The molecule has 2 rings (SSSR count). The number of nitrogens with one attached hydrogen (secondary N) is 1. The predicted molar refractivity (Wildman–Crippen MR) is 92.3 cm³/mol. The first-order chi connectivity index (χ1) is 11.0. The molecule has 1 heterocycles. The Bertz CT molecular complexity index is 542. The summed E-state index contributed by atoms with van der Waals surface area (Å²) in [6, 6.07) is 7.67. The monoisotopic (exact) mass is 336 g/mol. The molecular formula is C18H25ClN2O2. The van der Waals surface area contributed by atoms with Crippen LogP contribution in [0.3, 0.4) is 0 Å². The van der Waals surface area contributed by atoms with Crippen LogP contribution in [0.15, 0.2) is 24.3 Å². The molecule has 23 heavy (non-hydrogen) atoms. The molecule has 1 aliphatic heterocycles. The van der Waals surface area contributed by atoms with Gasteiger partial charge in [0.1, 0.15) is 0 Å². The van der Waals surface area contributed by atoms with Gasteiger partial charge in [0.05, 0.1) is 5.92 Å². The lowest BCUT2D eigenvalue weighted by Crippen LogP contribution is -2.46. The second-order valence-electron chi connectivity index (χ2n) is 6.59. The van der Waals surface area contributed by atoms with Gasteiger partial charge in [0.2, 0.25) is 11.8 Å². The van der Waals surface area contributed by atoms with Gasteiger partial charge in [-0.1, -0.05) is 37.6 Å². The minimum absolute atomic E-state index is 0.0719. The van der Waals surface area contributed by atoms with E-state index in [-0.39, 0.29) is 17.7 Å². The lowest BCUT2D eigenvalue weighted by atomic mass is 9.96. The number of benzene rings is 1. The molecule has 1 N–H and O–H groups in total. The van der Waals surface area contributed by atoms with E-state index in [2.05, 4.69) is 19.2 Å². The van der Waals surface area contributed by atoms with Crippen LogP contribution in [0.1, 0.15) is 32.3 Å². The fourth-order valence-electron chi connectivity index (χ4n) is 2.71. The molecule has 0 spiro atoms. The maximum atomic E-state index is 12.2. The molecule has 1 aliphatic rings. The van der Waals surface area contributed by atoms with Crippen LogP contribution in [0.25, 0.3) is 0 Å². The van der Waals surface area contributed by atoms with E-state index >= 15 is 0 Å². The van der Waals surface area contributed by atoms with Gasteiger partial charge in [-0.15, -0.1) is 0 Å². The number of hydrogen-bond acceptors (Lipinski definition) is 2. The summed E-state index contributed by atoms with van der Waals surface area (Å²) < 4.78 is 0. The van der Waals surface area contributed by atoms with Crippen molar-refractivity contribution in [1.29, 1.82) is 0 Å². The highest BCUT2D eigenvalue weighted by Crippen LogP contribution is 2.19. The van der Waals surface area contributed by atoms with Gasteiger partial charge >= 0.3 is 0 Å². The number of amides is 2. The smallest absolute Gasteiger partial charge is 0.224 e. The largest absolute Gasteiger partial charge is 0.356 e. The van der Waals surface area contributed by atoms with E-state index in [0.717, 1.165) is 12.0 Å². The van der Waals surface area contributed by atoms with Gasteiger partial charge in [0.25, 0.3) is 0 Å². The number of halogens is 1. The first kappa shape index (κ1) is 17.8. The Morgan fingerprint density at radius 1 is 1.35 bits per heavy atom. The van der Waals surface area contributed by atoms with E-state index < -0.39 is 0 Å². The molecule has 1 aromatic rings. The summed E-state index contributed by atoms with van der Waals surface area (Å²) in [5.74, 6) is 0.566. The highest BCUT2D eigenvalue weighted by molar-refractivity contribution is 6.30. The van der Waals surface area contributed by atoms with E-state index in [9.17, 15) is 9.59 Å². The van der Waals surface area contributed by atoms with Crippen LogP contribution in [0.4, 0.5) is 0 Å². The highest BCUT2D eigenvalue weighted by Gasteiger charge is 2.29. The minimum atomic E-state index is -0.0864. The van der Waals surface area contributed by atoms with Gasteiger partial charge in [-0.25, -0.2) is 0 Å². The molecule has 2 amide bonds. The number of carbonyl (C=O) groups excluding carboxylic acids is 2. The van der Waals surface area contributed by atoms with Crippen LogP contribution in [0.2, 0.25) is 5.02 Å². The standard InChI is InChI=1S/C18H25ClN2O2/c1-13(2)11-20-18(23)15-5-8-17(22)21(12-15)10-9-14-3-6-16(19)7-4-14/h3-4,6-7,13,15H,5,8-12H2,1-2H3,(H,20,23). The molecule has 5 heteroatoms. The molecule has 4 nitrogen and oxygen atoms in total. The Labute approximate surface area is 143 Å². The lowest BCUT2D eigenvalue weighted by molar-refractivity contribution is -0.138. The summed E-state index contributed by atoms with van der Waals surface area (Å²) in [4.78, 5) is 26.1. The molecule has 0 bridgehead atoms. The Morgan fingerprint density at radius 2 is 2.04 bits per heavy atom.